The van der Waals surface area contributed by atoms with Crippen molar-refractivity contribution in [2.75, 3.05) is 17.7 Å². The van der Waals surface area contributed by atoms with E-state index in [0.717, 1.165) is 11.3 Å². The summed E-state index contributed by atoms with van der Waals surface area (Å²) < 4.78 is 5.16. The number of hydrogen-bond donors (Lipinski definition) is 2. The van der Waals surface area contributed by atoms with Gasteiger partial charge in [0.1, 0.15) is 5.75 Å². The number of amides is 1. The van der Waals surface area contributed by atoms with Crippen molar-refractivity contribution in [1.82, 2.24) is 0 Å². The van der Waals surface area contributed by atoms with E-state index in [2.05, 4.69) is 10.6 Å². The van der Waals surface area contributed by atoms with Crippen LogP contribution in [0.25, 0.3) is 0 Å². The Labute approximate surface area is 127 Å². The summed E-state index contributed by atoms with van der Waals surface area (Å²) in [6.07, 6.45) is 0.0933. The molecule has 2 N–H and O–H groups in total. The van der Waals surface area contributed by atoms with Gasteiger partial charge in [0.05, 0.1) is 7.11 Å². The zero-order valence-corrected chi connectivity index (χ0v) is 12.0. The monoisotopic (exact) mass is 294 g/mol. The lowest BCUT2D eigenvalue weighted by Crippen LogP contribution is -2.46. The number of hydrogen-bond acceptors (Lipinski definition) is 4. The molecule has 1 atom stereocenters. The van der Waals surface area contributed by atoms with Gasteiger partial charge in [-0.05, 0) is 24.3 Å². The van der Waals surface area contributed by atoms with Crippen molar-refractivity contribution < 1.29 is 14.3 Å². The maximum Gasteiger partial charge on any atom is 0.255 e. The van der Waals surface area contributed by atoms with Crippen LogP contribution in [0.5, 0.6) is 5.75 Å². The predicted octanol–water partition coefficient (Wildman–Crippen LogP) is 2.54. The Morgan fingerprint density at radius 2 is 1.91 bits per heavy atom. The first-order chi connectivity index (χ1) is 10.6. The number of rotatable bonds is 1. The van der Waals surface area contributed by atoms with Crippen LogP contribution < -0.4 is 15.4 Å². The minimum Gasteiger partial charge on any atom is -0.497 e. The number of ether oxygens (including phenoxy) is 1. The molecule has 0 saturated carbocycles. The molecule has 1 spiro atoms. The molecule has 0 saturated heterocycles. The molecule has 5 heteroatoms. The Morgan fingerprint density at radius 1 is 1.09 bits per heavy atom. The summed E-state index contributed by atoms with van der Waals surface area (Å²) in [5.74, 6) is 0.365. The van der Waals surface area contributed by atoms with Crippen LogP contribution in [0.1, 0.15) is 22.3 Å². The van der Waals surface area contributed by atoms with E-state index in [1.807, 2.05) is 24.3 Å². The van der Waals surface area contributed by atoms with Crippen LogP contribution in [0.4, 0.5) is 11.4 Å². The zero-order valence-electron chi connectivity index (χ0n) is 12.0. The minimum atomic E-state index is -1.02. The normalized spacial score (nSPS) is 21.9. The maximum atomic E-state index is 12.6. The molecule has 2 aromatic rings. The molecule has 2 aliphatic rings. The van der Waals surface area contributed by atoms with Gasteiger partial charge in [-0.2, -0.15) is 0 Å². The van der Waals surface area contributed by atoms with Crippen molar-refractivity contribution in [3.63, 3.8) is 0 Å². The smallest absolute Gasteiger partial charge is 0.255 e. The Morgan fingerprint density at radius 3 is 2.73 bits per heavy atom. The first kappa shape index (κ1) is 12.9. The molecule has 0 bridgehead atoms. The van der Waals surface area contributed by atoms with Crippen LogP contribution >= 0.6 is 0 Å². The third-order valence-corrected chi connectivity index (χ3v) is 4.32. The molecule has 0 aliphatic carbocycles. The van der Waals surface area contributed by atoms with Crippen molar-refractivity contribution in [3.05, 3.63) is 53.6 Å². The second-order valence-electron chi connectivity index (χ2n) is 5.54. The Bertz CT molecular complexity index is 815. The molecular weight excluding hydrogens is 280 g/mol. The minimum absolute atomic E-state index is 0.0699. The van der Waals surface area contributed by atoms with E-state index in [-0.39, 0.29) is 18.1 Å². The van der Waals surface area contributed by atoms with Crippen molar-refractivity contribution >= 4 is 23.1 Å². The summed E-state index contributed by atoms with van der Waals surface area (Å²) in [5.41, 5.74) is 1.76. The van der Waals surface area contributed by atoms with E-state index in [0.29, 0.717) is 17.0 Å². The summed E-state index contributed by atoms with van der Waals surface area (Å²) in [7, 11) is 1.56. The Kier molecular flexibility index (Phi) is 2.54. The second-order valence-corrected chi connectivity index (χ2v) is 5.54. The molecule has 2 heterocycles. The van der Waals surface area contributed by atoms with Crippen molar-refractivity contribution in [1.29, 1.82) is 0 Å². The van der Waals surface area contributed by atoms with Crippen LogP contribution in [0.2, 0.25) is 0 Å². The Balaban J connectivity index is 1.86. The number of carbonyl (C=O) groups is 2. The fourth-order valence-corrected chi connectivity index (χ4v) is 3.22. The SMILES string of the molecule is COc1ccc2c(c1)C(=O)CC1(N2)C(=O)Nc2ccccc21. The topological polar surface area (TPSA) is 67.4 Å². The average molecular weight is 294 g/mol. The number of carbonyl (C=O) groups excluding carboxylic acids is 2. The number of para-hydroxylation sites is 1. The van der Waals surface area contributed by atoms with Gasteiger partial charge in [0.25, 0.3) is 5.91 Å². The van der Waals surface area contributed by atoms with Gasteiger partial charge in [0.2, 0.25) is 0 Å². The second kappa shape index (κ2) is 4.34. The standard InChI is InChI=1S/C17H14N2O3/c1-22-10-6-7-13-11(8-10)15(20)9-17(19-13)12-4-2-3-5-14(12)18-16(17)21/h2-8,19H,9H2,1H3,(H,18,21). The first-order valence-electron chi connectivity index (χ1n) is 7.04. The lowest BCUT2D eigenvalue weighted by Gasteiger charge is -2.34. The molecule has 2 aromatic carbocycles. The van der Waals surface area contributed by atoms with Crippen LogP contribution in [-0.4, -0.2) is 18.8 Å². The lowest BCUT2D eigenvalue weighted by molar-refractivity contribution is -0.120. The molecule has 4 rings (SSSR count). The van der Waals surface area contributed by atoms with Crippen molar-refractivity contribution in [2.24, 2.45) is 0 Å². The van der Waals surface area contributed by atoms with Gasteiger partial charge >= 0.3 is 0 Å². The van der Waals surface area contributed by atoms with Gasteiger partial charge in [-0.25, -0.2) is 0 Å². The fraction of sp³-hybridized carbons (Fsp3) is 0.176. The van der Waals surface area contributed by atoms with Gasteiger partial charge in [0.15, 0.2) is 11.3 Å². The number of benzene rings is 2. The third-order valence-electron chi connectivity index (χ3n) is 4.32. The molecule has 110 valence electrons. The molecule has 22 heavy (non-hydrogen) atoms. The van der Waals surface area contributed by atoms with Gasteiger partial charge in [-0.1, -0.05) is 18.2 Å². The molecular formula is C17H14N2O3. The number of nitrogens with one attached hydrogen (secondary N) is 2. The van der Waals surface area contributed by atoms with E-state index in [1.54, 1.807) is 25.3 Å². The highest BCUT2D eigenvalue weighted by atomic mass is 16.5. The maximum absolute atomic E-state index is 12.6. The van der Waals surface area contributed by atoms with Crippen molar-refractivity contribution in [2.45, 2.75) is 12.0 Å². The largest absolute Gasteiger partial charge is 0.497 e. The van der Waals surface area contributed by atoms with Crippen LogP contribution in [0.3, 0.4) is 0 Å². The highest BCUT2D eigenvalue weighted by Gasteiger charge is 2.51. The van der Waals surface area contributed by atoms with E-state index < -0.39 is 5.54 Å². The third kappa shape index (κ3) is 1.59. The molecule has 1 amide bonds. The zero-order chi connectivity index (χ0) is 15.3. The number of ketones is 1. The summed E-state index contributed by atoms with van der Waals surface area (Å²) in [6, 6.07) is 12.7. The quantitative estimate of drug-likeness (QED) is 0.848. The van der Waals surface area contributed by atoms with Crippen LogP contribution in [0.15, 0.2) is 42.5 Å². The van der Waals surface area contributed by atoms with Gasteiger partial charge in [0, 0.05) is 28.9 Å². The molecule has 0 fully saturated rings. The van der Waals surface area contributed by atoms with E-state index >= 15 is 0 Å². The first-order valence-corrected chi connectivity index (χ1v) is 7.04. The summed E-state index contributed by atoms with van der Waals surface area (Å²) in [4.78, 5) is 25.1. The number of anilines is 2. The molecule has 1 unspecified atom stereocenters. The lowest BCUT2D eigenvalue weighted by atomic mass is 9.81. The van der Waals surface area contributed by atoms with Gasteiger partial charge < -0.3 is 15.4 Å². The van der Waals surface area contributed by atoms with Gasteiger partial charge in [-0.3, -0.25) is 9.59 Å². The summed E-state index contributed by atoms with van der Waals surface area (Å²) in [5, 5.41) is 6.13. The average Bonchev–Trinajstić information content (AvgIpc) is 2.79. The van der Waals surface area contributed by atoms with E-state index in [4.69, 9.17) is 4.74 Å². The number of methoxy groups -OCH3 is 1. The highest BCUT2D eigenvalue weighted by molar-refractivity contribution is 6.15. The molecule has 2 aliphatic heterocycles. The van der Waals surface area contributed by atoms with E-state index in [1.165, 1.54) is 0 Å². The van der Waals surface area contributed by atoms with Crippen LogP contribution in [0, 0.1) is 0 Å². The summed E-state index contributed by atoms with van der Waals surface area (Å²) >= 11 is 0. The molecule has 0 aromatic heterocycles. The van der Waals surface area contributed by atoms with Gasteiger partial charge in [-0.15, -0.1) is 0 Å². The highest BCUT2D eigenvalue weighted by Crippen LogP contribution is 2.45. The fourth-order valence-electron chi connectivity index (χ4n) is 3.22. The van der Waals surface area contributed by atoms with Crippen LogP contribution in [-0.2, 0) is 10.3 Å². The van der Waals surface area contributed by atoms with E-state index in [9.17, 15) is 9.59 Å². The predicted molar refractivity (Wildman–Crippen MR) is 82.3 cm³/mol. The Hall–Kier alpha value is -2.82. The number of fused-ring (bicyclic) bond motifs is 3. The van der Waals surface area contributed by atoms with Crippen molar-refractivity contribution in [3.8, 4) is 5.75 Å². The summed E-state index contributed by atoms with van der Waals surface area (Å²) in [6.45, 7) is 0. The number of Topliss-reactive ketones (excluding diaryl/α,β-unsaturated/α-hetero) is 1. The molecule has 0 radical (unpaired) electrons. The molecule has 5 nitrogen and oxygen atoms in total.